The van der Waals surface area contributed by atoms with E-state index in [0.29, 0.717) is 0 Å². The number of allylic oxidation sites excluding steroid dienone is 2. The van der Waals surface area contributed by atoms with Gasteiger partial charge in [0.1, 0.15) is 11.8 Å². The number of benzene rings is 1. The van der Waals surface area contributed by atoms with Gasteiger partial charge in [0.2, 0.25) is 0 Å². The Balaban J connectivity index is 2.10. The number of carbonyl (C=O) groups is 1. The zero-order valence-electron chi connectivity index (χ0n) is 15.2. The van der Waals surface area contributed by atoms with E-state index in [0.717, 1.165) is 29.8 Å². The minimum atomic E-state index is -0.550. The summed E-state index contributed by atoms with van der Waals surface area (Å²) < 4.78 is 7.35. The van der Waals surface area contributed by atoms with Crippen molar-refractivity contribution in [3.8, 4) is 11.8 Å². The summed E-state index contributed by atoms with van der Waals surface area (Å²) in [4.78, 5) is 12.7. The third-order valence-corrected chi connectivity index (χ3v) is 6.04. The number of hydrogen-bond donors (Lipinski definition) is 0. The molecule has 26 heavy (non-hydrogen) atoms. The highest BCUT2D eigenvalue weighted by atomic mass is 16.5. The summed E-state index contributed by atoms with van der Waals surface area (Å²) in [5.41, 5.74) is 2.99. The van der Waals surface area contributed by atoms with Crippen molar-refractivity contribution in [2.24, 2.45) is 18.9 Å². The maximum absolute atomic E-state index is 12.7. The summed E-state index contributed by atoms with van der Waals surface area (Å²) in [5.74, 6) is 0.578. The van der Waals surface area contributed by atoms with Crippen LogP contribution in [0, 0.1) is 23.2 Å². The second-order valence-electron chi connectivity index (χ2n) is 7.21. The maximum Gasteiger partial charge on any atom is 0.176 e. The average Bonchev–Trinajstić information content (AvgIpc) is 3.06. The number of ketones is 1. The Morgan fingerprint density at radius 1 is 1.42 bits per heavy atom. The summed E-state index contributed by atoms with van der Waals surface area (Å²) in [7, 11) is 3.58. The van der Waals surface area contributed by atoms with E-state index in [1.54, 1.807) is 7.11 Å². The van der Waals surface area contributed by atoms with Crippen molar-refractivity contribution < 1.29 is 9.53 Å². The highest BCUT2D eigenvalue weighted by molar-refractivity contribution is 6.02. The first-order chi connectivity index (χ1) is 12.5. The van der Waals surface area contributed by atoms with Gasteiger partial charge < -0.3 is 4.74 Å². The number of nitriles is 1. The number of carbonyl (C=O) groups excluding carboxylic acids is 1. The molecule has 0 amide bonds. The monoisotopic (exact) mass is 347 g/mol. The van der Waals surface area contributed by atoms with E-state index in [2.05, 4.69) is 17.2 Å². The Hall–Kier alpha value is -2.87. The number of aryl methyl sites for hydroxylation is 2. The Morgan fingerprint density at radius 3 is 2.96 bits per heavy atom. The Labute approximate surface area is 152 Å². The average molecular weight is 347 g/mol. The van der Waals surface area contributed by atoms with E-state index >= 15 is 0 Å². The Kier molecular flexibility index (Phi) is 3.73. The number of nitrogens with zero attached hydrogens (tertiary/aromatic N) is 3. The van der Waals surface area contributed by atoms with Crippen molar-refractivity contribution in [3.05, 3.63) is 58.9 Å². The molecule has 0 fully saturated rings. The quantitative estimate of drug-likeness (QED) is 0.838. The molecule has 5 nitrogen and oxygen atoms in total. The van der Waals surface area contributed by atoms with Crippen LogP contribution in [0.3, 0.4) is 0 Å². The normalized spacial score (nSPS) is 27.2. The van der Waals surface area contributed by atoms with E-state index in [9.17, 15) is 10.1 Å². The van der Waals surface area contributed by atoms with Crippen LogP contribution in [0.2, 0.25) is 0 Å². The fourth-order valence-electron chi connectivity index (χ4n) is 4.86. The third kappa shape index (κ3) is 2.08. The molecule has 3 unspecified atom stereocenters. The standard InChI is InChI=1S/C21H21N3O2/c1-13-18-8-7-14-12-23-24(2)20(14)21(18,10-15(11-22)19(13)25)16-5-4-6-17(9-16)26-3/h4-6,9-10,12-13,18H,7-8H2,1-3H3. The van der Waals surface area contributed by atoms with Crippen LogP contribution in [0.5, 0.6) is 5.75 Å². The van der Waals surface area contributed by atoms with Crippen molar-refractivity contribution in [3.63, 3.8) is 0 Å². The van der Waals surface area contributed by atoms with Gasteiger partial charge in [0.05, 0.1) is 30.0 Å². The molecule has 0 saturated heterocycles. The summed E-state index contributed by atoms with van der Waals surface area (Å²) in [6.07, 6.45) is 5.58. The molecule has 1 heterocycles. The van der Waals surface area contributed by atoms with Gasteiger partial charge in [0, 0.05) is 13.0 Å². The molecule has 2 aromatic rings. The van der Waals surface area contributed by atoms with E-state index in [1.807, 2.05) is 49.1 Å². The van der Waals surface area contributed by atoms with Crippen molar-refractivity contribution >= 4 is 5.78 Å². The summed E-state index contributed by atoms with van der Waals surface area (Å²) in [5, 5.41) is 14.1. The van der Waals surface area contributed by atoms with Crippen LogP contribution in [0.4, 0.5) is 0 Å². The van der Waals surface area contributed by atoms with Gasteiger partial charge in [0.25, 0.3) is 0 Å². The molecular formula is C21H21N3O2. The molecule has 4 rings (SSSR count). The lowest BCUT2D eigenvalue weighted by molar-refractivity contribution is -0.121. The summed E-state index contributed by atoms with van der Waals surface area (Å²) in [6.45, 7) is 1.95. The summed E-state index contributed by atoms with van der Waals surface area (Å²) >= 11 is 0. The fraction of sp³-hybridized carbons (Fsp3) is 0.381. The molecule has 2 aliphatic carbocycles. The number of Topliss-reactive ketones (excluding diaryl/α,β-unsaturated/α-hetero) is 1. The lowest BCUT2D eigenvalue weighted by atomic mass is 9.54. The molecule has 3 atom stereocenters. The van der Waals surface area contributed by atoms with Crippen molar-refractivity contribution in [2.75, 3.05) is 7.11 Å². The Morgan fingerprint density at radius 2 is 2.23 bits per heavy atom. The zero-order valence-corrected chi connectivity index (χ0v) is 15.2. The van der Waals surface area contributed by atoms with Gasteiger partial charge in [-0.15, -0.1) is 0 Å². The predicted molar refractivity (Wildman–Crippen MR) is 96.7 cm³/mol. The molecule has 0 saturated carbocycles. The van der Waals surface area contributed by atoms with Gasteiger partial charge in [-0.05, 0) is 48.1 Å². The second kappa shape index (κ2) is 5.84. The SMILES string of the molecule is COc1cccc(C23C=C(C#N)C(=O)C(C)C2CCc2cnn(C)c23)c1. The highest BCUT2D eigenvalue weighted by Crippen LogP contribution is 2.53. The molecule has 132 valence electrons. The Bertz CT molecular complexity index is 966. The molecule has 0 aliphatic heterocycles. The highest BCUT2D eigenvalue weighted by Gasteiger charge is 2.53. The van der Waals surface area contributed by atoms with Crippen molar-refractivity contribution in [1.29, 1.82) is 5.26 Å². The van der Waals surface area contributed by atoms with Crippen LogP contribution in [0.25, 0.3) is 0 Å². The lowest BCUT2D eigenvalue weighted by Crippen LogP contribution is -2.48. The molecule has 1 aromatic carbocycles. The second-order valence-corrected chi connectivity index (χ2v) is 7.21. The van der Waals surface area contributed by atoms with E-state index in [-0.39, 0.29) is 23.2 Å². The van der Waals surface area contributed by atoms with Crippen LogP contribution >= 0.6 is 0 Å². The van der Waals surface area contributed by atoms with Gasteiger partial charge in [-0.25, -0.2) is 0 Å². The maximum atomic E-state index is 12.7. The number of methoxy groups -OCH3 is 1. The van der Waals surface area contributed by atoms with Crippen LogP contribution in [0.1, 0.15) is 30.2 Å². The minimum absolute atomic E-state index is 0.0540. The lowest BCUT2D eigenvalue weighted by Gasteiger charge is -2.47. The van der Waals surface area contributed by atoms with Crippen LogP contribution in [-0.4, -0.2) is 22.7 Å². The molecule has 2 aliphatic rings. The number of fused-ring (bicyclic) bond motifs is 3. The van der Waals surface area contributed by atoms with Gasteiger partial charge in [-0.1, -0.05) is 19.1 Å². The molecule has 0 N–H and O–H groups in total. The minimum Gasteiger partial charge on any atom is -0.497 e. The van der Waals surface area contributed by atoms with Crippen LogP contribution in [0.15, 0.2) is 42.1 Å². The number of hydrogen-bond acceptors (Lipinski definition) is 4. The van der Waals surface area contributed by atoms with E-state index in [1.165, 1.54) is 5.56 Å². The molecule has 0 radical (unpaired) electrons. The first-order valence-corrected chi connectivity index (χ1v) is 8.86. The van der Waals surface area contributed by atoms with Gasteiger partial charge in [-0.3, -0.25) is 9.48 Å². The van der Waals surface area contributed by atoms with E-state index < -0.39 is 5.41 Å². The molecule has 1 aromatic heterocycles. The van der Waals surface area contributed by atoms with Crippen LogP contribution in [-0.2, 0) is 23.7 Å². The first-order valence-electron chi connectivity index (χ1n) is 8.86. The largest absolute Gasteiger partial charge is 0.497 e. The van der Waals surface area contributed by atoms with Gasteiger partial charge in [0.15, 0.2) is 5.78 Å². The van der Waals surface area contributed by atoms with Crippen LogP contribution < -0.4 is 4.74 Å². The van der Waals surface area contributed by atoms with Crippen molar-refractivity contribution in [1.82, 2.24) is 9.78 Å². The fourth-order valence-corrected chi connectivity index (χ4v) is 4.86. The van der Waals surface area contributed by atoms with Gasteiger partial charge in [-0.2, -0.15) is 10.4 Å². The van der Waals surface area contributed by atoms with Gasteiger partial charge >= 0.3 is 0 Å². The van der Waals surface area contributed by atoms with E-state index in [4.69, 9.17) is 4.74 Å². The molecule has 0 spiro atoms. The van der Waals surface area contributed by atoms with Crippen molar-refractivity contribution in [2.45, 2.75) is 25.2 Å². The molecular weight excluding hydrogens is 326 g/mol. The smallest absolute Gasteiger partial charge is 0.176 e. The zero-order chi connectivity index (χ0) is 18.5. The predicted octanol–water partition coefficient (Wildman–Crippen LogP) is 2.95. The summed E-state index contributed by atoms with van der Waals surface area (Å²) in [6, 6.07) is 10.1. The molecule has 5 heteroatoms. The third-order valence-electron chi connectivity index (χ3n) is 6.04. The number of ether oxygens (including phenoxy) is 1. The molecule has 0 bridgehead atoms. The number of aromatic nitrogens is 2. The first kappa shape index (κ1) is 16.6. The number of rotatable bonds is 2. The topological polar surface area (TPSA) is 67.9 Å².